The number of hydrogen-bond donors (Lipinski definition) is 0. The van der Waals surface area contributed by atoms with Gasteiger partial charge in [-0.05, 0) is 80.5 Å². The van der Waals surface area contributed by atoms with E-state index in [0.29, 0.717) is 28.6 Å². The predicted molar refractivity (Wildman–Crippen MR) is 114 cm³/mol. The van der Waals surface area contributed by atoms with Gasteiger partial charge in [-0.3, -0.25) is 4.79 Å². The molecule has 6 fully saturated rings. The lowest BCUT2D eigenvalue weighted by Crippen LogP contribution is -2.43. The van der Waals surface area contributed by atoms with E-state index in [-0.39, 0.29) is 11.9 Å². The van der Waals surface area contributed by atoms with Gasteiger partial charge in [0.1, 0.15) is 6.61 Å². The van der Waals surface area contributed by atoms with E-state index < -0.39 is 0 Å². The molecule has 1 aliphatic heterocycles. The van der Waals surface area contributed by atoms with Crippen molar-refractivity contribution in [3.63, 3.8) is 0 Å². The summed E-state index contributed by atoms with van der Waals surface area (Å²) in [6.45, 7) is 4.74. The van der Waals surface area contributed by atoms with Gasteiger partial charge in [0.15, 0.2) is 0 Å². The maximum Gasteiger partial charge on any atom is 0.308 e. The van der Waals surface area contributed by atoms with Crippen molar-refractivity contribution in [2.45, 2.75) is 85.9 Å². The SMILES string of the molecule is CC(C)C(=O)OCCOC1CCCC2SC3(SC12)C1CC2CC4CC3CC24C1. The first-order chi connectivity index (χ1) is 13.5. The minimum atomic E-state index is -0.110. The standard InChI is InChI=1S/C23H34O3S2/c1-13(2)21(24)26-7-6-25-18-4-3-5-19-20(18)28-23(27-19)16-9-14-8-15-10-17(23)12-22(14,15)11-16/h13-20H,3-12H2,1-2H3. The van der Waals surface area contributed by atoms with Crippen LogP contribution in [0.25, 0.3) is 0 Å². The normalized spacial score (nSPS) is 52.8. The summed E-state index contributed by atoms with van der Waals surface area (Å²) in [5, 5.41) is 1.44. The second-order valence-corrected chi connectivity index (χ2v) is 14.0. The molecule has 28 heavy (non-hydrogen) atoms. The first kappa shape index (κ1) is 18.9. The van der Waals surface area contributed by atoms with Crippen molar-refractivity contribution in [1.82, 2.24) is 0 Å². The molecule has 2 spiro atoms. The summed E-state index contributed by atoms with van der Waals surface area (Å²) in [5.41, 5.74) is 0.811. The van der Waals surface area contributed by atoms with Gasteiger partial charge < -0.3 is 9.47 Å². The number of ether oxygens (including phenoxy) is 2. The van der Waals surface area contributed by atoms with E-state index in [1.165, 1.54) is 32.1 Å². The molecule has 3 bridgehead atoms. The summed E-state index contributed by atoms with van der Waals surface area (Å²) >= 11 is 4.77. The molecular formula is C23H34O3S2. The lowest BCUT2D eigenvalue weighted by Gasteiger charge is -2.50. The number of carbonyl (C=O) groups excluding carboxylic acids is 1. The Labute approximate surface area is 177 Å². The van der Waals surface area contributed by atoms with E-state index in [1.807, 2.05) is 13.8 Å². The van der Waals surface area contributed by atoms with E-state index in [1.54, 1.807) is 19.3 Å². The Bertz CT molecular complexity index is 640. The summed E-state index contributed by atoms with van der Waals surface area (Å²) in [6, 6.07) is 0. The lowest BCUT2D eigenvalue weighted by molar-refractivity contribution is -0.149. The summed E-state index contributed by atoms with van der Waals surface area (Å²) in [7, 11) is 0. The van der Waals surface area contributed by atoms with Gasteiger partial charge in [0.25, 0.3) is 0 Å². The quantitative estimate of drug-likeness (QED) is 0.454. The first-order valence-corrected chi connectivity index (χ1v) is 13.4. The summed E-state index contributed by atoms with van der Waals surface area (Å²) in [5.74, 6) is 3.94. The van der Waals surface area contributed by atoms with Crippen molar-refractivity contribution < 1.29 is 14.3 Å². The molecule has 1 heterocycles. The number of rotatable bonds is 5. The summed E-state index contributed by atoms with van der Waals surface area (Å²) in [6.07, 6.45) is 11.9. The van der Waals surface area contributed by atoms with E-state index in [2.05, 4.69) is 23.5 Å². The zero-order chi connectivity index (χ0) is 19.1. The van der Waals surface area contributed by atoms with Crippen molar-refractivity contribution in [3.05, 3.63) is 0 Å². The third-order valence-electron chi connectivity index (χ3n) is 9.22. The zero-order valence-corrected chi connectivity index (χ0v) is 18.9. The maximum atomic E-state index is 11.7. The number of thioether (sulfide) groups is 2. The number of fused-ring (bicyclic) bond motifs is 5. The molecule has 156 valence electrons. The van der Waals surface area contributed by atoms with Gasteiger partial charge >= 0.3 is 5.97 Å². The van der Waals surface area contributed by atoms with E-state index >= 15 is 0 Å². The van der Waals surface area contributed by atoms with Crippen molar-refractivity contribution in [3.8, 4) is 0 Å². The van der Waals surface area contributed by atoms with Crippen molar-refractivity contribution in [2.24, 2.45) is 35.0 Å². The Morgan fingerprint density at radius 1 is 1.00 bits per heavy atom. The smallest absolute Gasteiger partial charge is 0.308 e. The zero-order valence-electron chi connectivity index (χ0n) is 17.2. The fraction of sp³-hybridized carbons (Fsp3) is 0.957. The van der Waals surface area contributed by atoms with Crippen molar-refractivity contribution in [2.75, 3.05) is 13.2 Å². The molecule has 5 heteroatoms. The minimum absolute atomic E-state index is 0.0526. The van der Waals surface area contributed by atoms with Crippen LogP contribution in [0.15, 0.2) is 0 Å². The second kappa shape index (κ2) is 6.56. The number of hydrogen-bond acceptors (Lipinski definition) is 5. The highest BCUT2D eigenvalue weighted by Gasteiger charge is 2.75. The van der Waals surface area contributed by atoms with Gasteiger partial charge in [-0.25, -0.2) is 0 Å². The van der Waals surface area contributed by atoms with Crippen molar-refractivity contribution in [1.29, 1.82) is 0 Å². The van der Waals surface area contributed by atoms with Gasteiger partial charge in [0, 0.05) is 10.5 Å². The highest BCUT2D eigenvalue weighted by molar-refractivity contribution is 8.22. The van der Waals surface area contributed by atoms with Crippen LogP contribution >= 0.6 is 23.5 Å². The molecule has 7 unspecified atom stereocenters. The van der Waals surface area contributed by atoms with Gasteiger partial charge in [0.05, 0.1) is 22.7 Å². The first-order valence-electron chi connectivity index (χ1n) is 11.7. The van der Waals surface area contributed by atoms with E-state index in [4.69, 9.17) is 9.47 Å². The Morgan fingerprint density at radius 2 is 1.71 bits per heavy atom. The Morgan fingerprint density at radius 3 is 2.43 bits per heavy atom. The van der Waals surface area contributed by atoms with Crippen molar-refractivity contribution >= 4 is 29.5 Å². The van der Waals surface area contributed by atoms with E-state index in [9.17, 15) is 4.79 Å². The fourth-order valence-corrected chi connectivity index (χ4v) is 12.9. The van der Waals surface area contributed by atoms with Crippen LogP contribution in [0, 0.1) is 35.0 Å². The molecule has 0 radical (unpaired) electrons. The van der Waals surface area contributed by atoms with Crippen LogP contribution in [0.3, 0.4) is 0 Å². The molecule has 5 saturated carbocycles. The molecule has 5 aliphatic carbocycles. The molecule has 3 nitrogen and oxygen atoms in total. The highest BCUT2D eigenvalue weighted by Crippen LogP contribution is 2.83. The molecule has 7 atom stereocenters. The molecule has 0 amide bonds. The number of carbonyl (C=O) groups is 1. The van der Waals surface area contributed by atoms with Crippen LogP contribution in [0.2, 0.25) is 0 Å². The average Bonchev–Trinajstić information content (AvgIpc) is 3.26. The van der Waals surface area contributed by atoms with Crippen LogP contribution < -0.4 is 0 Å². The molecule has 6 aliphatic rings. The Hall–Kier alpha value is 0.130. The molecular weight excluding hydrogens is 388 g/mol. The lowest BCUT2D eigenvalue weighted by atomic mass is 9.56. The number of esters is 1. The molecule has 0 aromatic heterocycles. The predicted octanol–water partition coefficient (Wildman–Crippen LogP) is 5.12. The fourth-order valence-electron chi connectivity index (χ4n) is 8.03. The highest BCUT2D eigenvalue weighted by atomic mass is 32.2. The van der Waals surface area contributed by atoms with Crippen LogP contribution in [-0.2, 0) is 14.3 Å². The third-order valence-corrected chi connectivity index (χ3v) is 13.8. The summed E-state index contributed by atoms with van der Waals surface area (Å²) < 4.78 is 12.2. The minimum Gasteiger partial charge on any atom is -0.463 e. The molecule has 1 saturated heterocycles. The molecule has 0 aromatic carbocycles. The van der Waals surface area contributed by atoms with Gasteiger partial charge in [-0.2, -0.15) is 0 Å². The topological polar surface area (TPSA) is 35.5 Å². The molecule has 0 aromatic rings. The van der Waals surface area contributed by atoms with Gasteiger partial charge in [-0.1, -0.05) is 13.8 Å². The average molecular weight is 423 g/mol. The third kappa shape index (κ3) is 2.51. The monoisotopic (exact) mass is 422 g/mol. The van der Waals surface area contributed by atoms with Crippen LogP contribution in [0.4, 0.5) is 0 Å². The van der Waals surface area contributed by atoms with Crippen LogP contribution in [0.5, 0.6) is 0 Å². The Balaban J connectivity index is 1.12. The summed E-state index contributed by atoms with van der Waals surface area (Å²) in [4.78, 5) is 11.7. The van der Waals surface area contributed by atoms with Crippen LogP contribution in [0.1, 0.15) is 65.2 Å². The molecule has 6 rings (SSSR count). The largest absolute Gasteiger partial charge is 0.463 e. The molecule has 0 N–H and O–H groups in total. The van der Waals surface area contributed by atoms with E-state index in [0.717, 1.165) is 34.3 Å². The second-order valence-electron chi connectivity index (χ2n) is 10.8. The maximum absolute atomic E-state index is 11.7. The van der Waals surface area contributed by atoms with Crippen LogP contribution in [-0.4, -0.2) is 39.9 Å². The van der Waals surface area contributed by atoms with Gasteiger partial charge in [0.2, 0.25) is 0 Å². The Kier molecular flexibility index (Phi) is 4.42. The van der Waals surface area contributed by atoms with Gasteiger partial charge in [-0.15, -0.1) is 23.5 Å².